The van der Waals surface area contributed by atoms with Gasteiger partial charge in [0.1, 0.15) is 0 Å². The average Bonchev–Trinajstić information content (AvgIpc) is 3.40. The molecule has 4 nitrogen and oxygen atoms in total. The zero-order valence-electron chi connectivity index (χ0n) is 13.4. The zero-order valence-corrected chi connectivity index (χ0v) is 13.4. The van der Waals surface area contributed by atoms with Crippen LogP contribution in [0.2, 0.25) is 0 Å². The maximum atomic E-state index is 5.87. The van der Waals surface area contributed by atoms with E-state index in [1.165, 1.54) is 35.1 Å². The molecule has 1 aliphatic heterocycles. The van der Waals surface area contributed by atoms with Crippen LogP contribution < -0.4 is 0 Å². The maximum Gasteiger partial charge on any atom is 0.0734 e. The van der Waals surface area contributed by atoms with Crippen molar-refractivity contribution in [1.82, 2.24) is 14.9 Å². The fraction of sp³-hybridized carbons (Fsp3) is 0.474. The van der Waals surface area contributed by atoms with Gasteiger partial charge in [0.15, 0.2) is 0 Å². The Bertz CT molecular complexity index is 655. The summed E-state index contributed by atoms with van der Waals surface area (Å²) in [5.74, 6) is 0.817. The minimum absolute atomic E-state index is 0.718. The normalized spacial score (nSPS) is 17.9. The molecule has 2 aromatic rings. The molecule has 3 heterocycles. The number of pyridine rings is 2. The molecule has 1 fully saturated rings. The number of hydrogen-bond donors (Lipinski definition) is 0. The number of aromatic nitrogens is 2. The lowest BCUT2D eigenvalue weighted by atomic mass is 9.97. The Morgan fingerprint density at radius 3 is 2.96 bits per heavy atom. The number of rotatable bonds is 6. The van der Waals surface area contributed by atoms with Crippen LogP contribution in [0.3, 0.4) is 0 Å². The number of ether oxygens (including phenoxy) is 1. The molecule has 0 aromatic carbocycles. The monoisotopic (exact) mass is 309 g/mol. The van der Waals surface area contributed by atoms with E-state index < -0.39 is 0 Å². The fourth-order valence-electron chi connectivity index (χ4n) is 3.26. The van der Waals surface area contributed by atoms with Gasteiger partial charge in [-0.25, -0.2) is 0 Å². The Morgan fingerprint density at radius 2 is 2.13 bits per heavy atom. The first-order valence-corrected chi connectivity index (χ1v) is 8.52. The van der Waals surface area contributed by atoms with Crippen molar-refractivity contribution in [2.45, 2.75) is 39.0 Å². The van der Waals surface area contributed by atoms with E-state index >= 15 is 0 Å². The van der Waals surface area contributed by atoms with Gasteiger partial charge in [-0.3, -0.25) is 14.9 Å². The quantitative estimate of drug-likeness (QED) is 0.822. The highest BCUT2D eigenvalue weighted by Crippen LogP contribution is 2.29. The number of nitrogens with zero attached hydrogens (tertiary/aromatic N) is 3. The summed E-state index contributed by atoms with van der Waals surface area (Å²) in [5, 5.41) is 0. The van der Waals surface area contributed by atoms with Crippen LogP contribution in [0.5, 0.6) is 0 Å². The molecule has 0 N–H and O–H groups in total. The molecule has 2 aliphatic rings. The van der Waals surface area contributed by atoms with E-state index in [1.54, 1.807) is 0 Å². The van der Waals surface area contributed by atoms with Crippen LogP contribution >= 0.6 is 0 Å². The van der Waals surface area contributed by atoms with Crippen molar-refractivity contribution in [2.75, 3.05) is 13.2 Å². The van der Waals surface area contributed by atoms with Crippen molar-refractivity contribution in [1.29, 1.82) is 0 Å². The molecule has 0 radical (unpaired) electrons. The smallest absolute Gasteiger partial charge is 0.0734 e. The van der Waals surface area contributed by atoms with Crippen LogP contribution in [0.1, 0.15) is 35.1 Å². The number of fused-ring (bicyclic) bond motifs is 1. The Hall–Kier alpha value is -1.78. The molecule has 4 rings (SSSR count). The minimum atomic E-state index is 0.718. The van der Waals surface area contributed by atoms with Crippen LogP contribution in [0.25, 0.3) is 0 Å². The van der Waals surface area contributed by atoms with Gasteiger partial charge in [0.2, 0.25) is 0 Å². The zero-order chi connectivity index (χ0) is 15.5. The molecule has 23 heavy (non-hydrogen) atoms. The third kappa shape index (κ3) is 3.77. The molecule has 0 spiro atoms. The summed E-state index contributed by atoms with van der Waals surface area (Å²) in [4.78, 5) is 11.1. The summed E-state index contributed by atoms with van der Waals surface area (Å²) in [6.07, 6.45) is 11.6. The molecule has 2 aromatic heterocycles. The molecule has 1 aliphatic carbocycles. The van der Waals surface area contributed by atoms with E-state index in [0.29, 0.717) is 0 Å². The predicted octanol–water partition coefficient (Wildman–Crippen LogP) is 2.96. The van der Waals surface area contributed by atoms with Gasteiger partial charge in [0.05, 0.1) is 6.61 Å². The molecular formula is C19H23N3O. The summed E-state index contributed by atoms with van der Waals surface area (Å²) in [5.41, 5.74) is 5.36. The Balaban J connectivity index is 1.40. The van der Waals surface area contributed by atoms with Gasteiger partial charge in [-0.05, 0) is 53.5 Å². The van der Waals surface area contributed by atoms with E-state index in [-0.39, 0.29) is 0 Å². The van der Waals surface area contributed by atoms with Crippen molar-refractivity contribution in [3.8, 4) is 0 Å². The van der Waals surface area contributed by atoms with Gasteiger partial charge < -0.3 is 4.74 Å². The summed E-state index contributed by atoms with van der Waals surface area (Å²) in [7, 11) is 0. The molecule has 4 heteroatoms. The Morgan fingerprint density at radius 1 is 1.17 bits per heavy atom. The summed E-state index contributed by atoms with van der Waals surface area (Å²) in [6, 6.07) is 4.15. The first kappa shape index (κ1) is 14.8. The highest BCUT2D eigenvalue weighted by atomic mass is 16.5. The highest BCUT2D eigenvalue weighted by molar-refractivity contribution is 5.33. The fourth-order valence-corrected chi connectivity index (χ4v) is 3.26. The van der Waals surface area contributed by atoms with Crippen LogP contribution in [0.4, 0.5) is 0 Å². The molecule has 0 bridgehead atoms. The summed E-state index contributed by atoms with van der Waals surface area (Å²) < 4.78 is 5.87. The molecule has 0 saturated heterocycles. The Kier molecular flexibility index (Phi) is 4.35. The second-order valence-electron chi connectivity index (χ2n) is 6.72. The van der Waals surface area contributed by atoms with E-state index in [1.807, 2.05) is 30.9 Å². The average molecular weight is 309 g/mol. The van der Waals surface area contributed by atoms with Gasteiger partial charge >= 0.3 is 0 Å². The summed E-state index contributed by atoms with van der Waals surface area (Å²) >= 11 is 0. The van der Waals surface area contributed by atoms with Crippen molar-refractivity contribution >= 4 is 0 Å². The molecule has 1 saturated carbocycles. The number of hydrogen-bond acceptors (Lipinski definition) is 4. The van der Waals surface area contributed by atoms with Crippen LogP contribution in [0.15, 0.2) is 36.9 Å². The Labute approximate surface area is 137 Å². The maximum absolute atomic E-state index is 5.87. The van der Waals surface area contributed by atoms with Crippen LogP contribution in [-0.2, 0) is 30.9 Å². The molecular weight excluding hydrogens is 286 g/mol. The van der Waals surface area contributed by atoms with E-state index in [9.17, 15) is 0 Å². The SMILES string of the molecule is c1cncc(CN2CCc3c(COCC4CC4)cncc3C2)c1. The van der Waals surface area contributed by atoms with Crippen molar-refractivity contribution < 1.29 is 4.74 Å². The first-order chi connectivity index (χ1) is 11.4. The third-order valence-electron chi connectivity index (χ3n) is 4.74. The predicted molar refractivity (Wildman–Crippen MR) is 88.7 cm³/mol. The second kappa shape index (κ2) is 6.77. The standard InChI is InChI=1S/C19H23N3O/c1-2-16(8-20-6-1)11-22-7-5-19-17(12-22)9-21-10-18(19)14-23-13-15-3-4-15/h1-2,6,8-10,15H,3-5,7,11-14H2. The van der Waals surface area contributed by atoms with E-state index in [4.69, 9.17) is 4.74 Å². The van der Waals surface area contributed by atoms with Crippen molar-refractivity contribution in [2.24, 2.45) is 5.92 Å². The van der Waals surface area contributed by atoms with Gasteiger partial charge in [0, 0.05) is 51.0 Å². The first-order valence-electron chi connectivity index (χ1n) is 8.52. The van der Waals surface area contributed by atoms with Gasteiger partial charge in [-0.1, -0.05) is 6.07 Å². The van der Waals surface area contributed by atoms with Gasteiger partial charge in [-0.2, -0.15) is 0 Å². The largest absolute Gasteiger partial charge is 0.376 e. The second-order valence-corrected chi connectivity index (χ2v) is 6.72. The van der Waals surface area contributed by atoms with E-state index in [0.717, 1.165) is 45.2 Å². The highest BCUT2D eigenvalue weighted by Gasteiger charge is 2.22. The van der Waals surface area contributed by atoms with E-state index in [2.05, 4.69) is 20.9 Å². The molecule has 0 unspecified atom stereocenters. The van der Waals surface area contributed by atoms with Crippen molar-refractivity contribution in [3.05, 3.63) is 59.2 Å². The van der Waals surface area contributed by atoms with Crippen molar-refractivity contribution in [3.63, 3.8) is 0 Å². The van der Waals surface area contributed by atoms with Crippen LogP contribution in [-0.4, -0.2) is 28.0 Å². The lowest BCUT2D eigenvalue weighted by molar-refractivity contribution is 0.110. The third-order valence-corrected chi connectivity index (χ3v) is 4.74. The lowest BCUT2D eigenvalue weighted by Crippen LogP contribution is -2.31. The van der Waals surface area contributed by atoms with Gasteiger partial charge in [-0.15, -0.1) is 0 Å². The molecule has 120 valence electrons. The minimum Gasteiger partial charge on any atom is -0.376 e. The topological polar surface area (TPSA) is 38.2 Å². The summed E-state index contributed by atoms with van der Waals surface area (Å²) in [6.45, 7) is 4.64. The van der Waals surface area contributed by atoms with Gasteiger partial charge in [0.25, 0.3) is 0 Å². The molecule has 0 amide bonds. The molecule has 0 atom stereocenters. The van der Waals surface area contributed by atoms with Crippen LogP contribution in [0, 0.1) is 5.92 Å². The lowest BCUT2D eigenvalue weighted by Gasteiger charge is -2.29.